The third-order valence-electron chi connectivity index (χ3n) is 6.19. The van der Waals surface area contributed by atoms with Crippen LogP contribution in [0.15, 0.2) is 17.7 Å². The van der Waals surface area contributed by atoms with Crippen LogP contribution in [0.4, 0.5) is 10.1 Å². The summed E-state index contributed by atoms with van der Waals surface area (Å²) in [5, 5.41) is 9.76. The van der Waals surface area contributed by atoms with Gasteiger partial charge in [-0.05, 0) is 55.7 Å². The van der Waals surface area contributed by atoms with E-state index >= 15 is 4.39 Å². The molecule has 1 aromatic carbocycles. The van der Waals surface area contributed by atoms with E-state index in [0.717, 1.165) is 24.0 Å². The van der Waals surface area contributed by atoms with Gasteiger partial charge in [-0.1, -0.05) is 13.0 Å². The number of allylic oxidation sites excluding steroid dienone is 2. The van der Waals surface area contributed by atoms with Crippen LogP contribution < -0.4 is 4.90 Å². The van der Waals surface area contributed by atoms with E-state index in [0.29, 0.717) is 43.1 Å². The molecular weight excluding hydrogens is 333 g/mol. The zero-order chi connectivity index (χ0) is 18.6. The molecule has 0 spiro atoms. The molecule has 26 heavy (non-hydrogen) atoms. The topological polar surface area (TPSA) is 57.6 Å². The second-order valence-corrected chi connectivity index (χ2v) is 7.87. The Labute approximate surface area is 152 Å². The van der Waals surface area contributed by atoms with E-state index in [9.17, 15) is 14.7 Å². The smallest absolute Gasteiger partial charge is 0.196 e. The number of hydrogen-bond acceptors (Lipinski definition) is 4. The van der Waals surface area contributed by atoms with Gasteiger partial charge in [0.05, 0.1) is 17.4 Å². The summed E-state index contributed by atoms with van der Waals surface area (Å²) < 4.78 is 15.1. The first-order valence-corrected chi connectivity index (χ1v) is 9.44. The van der Waals surface area contributed by atoms with E-state index in [1.807, 2.05) is 11.0 Å². The van der Waals surface area contributed by atoms with Crippen molar-refractivity contribution >= 4 is 17.3 Å². The molecule has 1 aliphatic heterocycles. The van der Waals surface area contributed by atoms with E-state index in [1.165, 1.54) is 13.0 Å². The van der Waals surface area contributed by atoms with Crippen LogP contribution in [0, 0.1) is 11.7 Å². The van der Waals surface area contributed by atoms with Crippen molar-refractivity contribution in [1.82, 2.24) is 0 Å². The van der Waals surface area contributed by atoms with E-state index < -0.39 is 0 Å². The van der Waals surface area contributed by atoms with Gasteiger partial charge in [0, 0.05) is 24.6 Å². The number of Topliss-reactive ketones (excluding diaryl/α,β-unsaturated/α-hetero) is 2. The van der Waals surface area contributed by atoms with Crippen molar-refractivity contribution in [3.63, 3.8) is 0 Å². The molecule has 1 fully saturated rings. The lowest BCUT2D eigenvalue weighted by molar-refractivity contribution is -0.113. The van der Waals surface area contributed by atoms with E-state index in [-0.39, 0.29) is 35.0 Å². The summed E-state index contributed by atoms with van der Waals surface area (Å²) in [6, 6.07) is 1.34. The number of carbonyl (C=O) groups excluding carboxylic acids is 2. The highest BCUT2D eigenvalue weighted by Gasteiger charge is 2.39. The Balaban J connectivity index is 1.87. The maximum absolute atomic E-state index is 15.1. The highest BCUT2D eigenvalue weighted by molar-refractivity contribution is 6.27. The number of hydrogen-bond donors (Lipinski definition) is 1. The van der Waals surface area contributed by atoms with Crippen LogP contribution in [-0.4, -0.2) is 35.9 Å². The molecular formula is C21H24FNO3. The van der Waals surface area contributed by atoms with Crippen molar-refractivity contribution in [2.45, 2.75) is 51.6 Å². The number of carbonyl (C=O) groups is 2. The number of halogens is 1. The maximum Gasteiger partial charge on any atom is 0.196 e. The third-order valence-corrected chi connectivity index (χ3v) is 6.19. The summed E-state index contributed by atoms with van der Waals surface area (Å²) in [5.41, 5.74) is 2.99. The van der Waals surface area contributed by atoms with Crippen molar-refractivity contribution in [1.29, 1.82) is 0 Å². The van der Waals surface area contributed by atoms with Gasteiger partial charge in [0.25, 0.3) is 0 Å². The number of rotatable bonds is 2. The normalized spacial score (nSPS) is 25.8. The lowest BCUT2D eigenvalue weighted by Gasteiger charge is -2.39. The minimum atomic E-state index is -0.387. The van der Waals surface area contributed by atoms with Crippen molar-refractivity contribution in [3.8, 4) is 0 Å². The van der Waals surface area contributed by atoms with Gasteiger partial charge in [0.15, 0.2) is 11.6 Å². The van der Waals surface area contributed by atoms with Gasteiger partial charge < -0.3 is 10.0 Å². The fourth-order valence-electron chi connectivity index (χ4n) is 4.72. The van der Waals surface area contributed by atoms with Crippen LogP contribution in [0.1, 0.15) is 60.5 Å². The summed E-state index contributed by atoms with van der Waals surface area (Å²) in [4.78, 5) is 26.7. The van der Waals surface area contributed by atoms with Crippen LogP contribution >= 0.6 is 0 Å². The molecule has 2 unspecified atom stereocenters. The molecule has 4 rings (SSSR count). The van der Waals surface area contributed by atoms with Crippen LogP contribution in [-0.2, 0) is 11.2 Å². The van der Waals surface area contributed by atoms with Gasteiger partial charge in [0.2, 0.25) is 0 Å². The molecule has 3 aliphatic rings. The van der Waals surface area contributed by atoms with Gasteiger partial charge in [-0.2, -0.15) is 0 Å². The lowest BCUT2D eigenvalue weighted by Crippen LogP contribution is -2.38. The molecule has 1 saturated heterocycles. The molecule has 1 N–H and O–H groups in total. The van der Waals surface area contributed by atoms with Crippen molar-refractivity contribution in [3.05, 3.63) is 40.2 Å². The van der Waals surface area contributed by atoms with Crippen LogP contribution in [0.2, 0.25) is 0 Å². The average Bonchev–Trinajstić information content (AvgIpc) is 2.60. The molecule has 2 aliphatic carbocycles. The molecule has 2 atom stereocenters. The quantitative estimate of drug-likeness (QED) is 0.826. The Bertz CT molecular complexity index is 821. The Morgan fingerprint density at radius 3 is 2.62 bits per heavy atom. The number of benzene rings is 1. The largest absolute Gasteiger partial charge is 0.393 e. The molecule has 0 amide bonds. The van der Waals surface area contributed by atoms with Crippen molar-refractivity contribution < 1.29 is 19.1 Å². The van der Waals surface area contributed by atoms with Crippen LogP contribution in [0.5, 0.6) is 0 Å². The highest BCUT2D eigenvalue weighted by Crippen LogP contribution is 2.47. The maximum atomic E-state index is 15.1. The Kier molecular flexibility index (Phi) is 4.22. The summed E-state index contributed by atoms with van der Waals surface area (Å²) in [7, 11) is 0. The average molecular weight is 357 g/mol. The predicted octanol–water partition coefficient (Wildman–Crippen LogP) is 3.16. The number of anilines is 1. The second-order valence-electron chi connectivity index (χ2n) is 7.87. The Morgan fingerprint density at radius 1 is 1.27 bits per heavy atom. The molecule has 1 heterocycles. The van der Waals surface area contributed by atoms with Gasteiger partial charge >= 0.3 is 0 Å². The predicted molar refractivity (Wildman–Crippen MR) is 97.2 cm³/mol. The molecule has 1 aromatic rings. The molecule has 5 heteroatoms. The van der Waals surface area contributed by atoms with Gasteiger partial charge in [-0.3, -0.25) is 9.59 Å². The highest BCUT2D eigenvalue weighted by atomic mass is 19.1. The van der Waals surface area contributed by atoms with Crippen LogP contribution in [0.25, 0.3) is 0 Å². The first-order chi connectivity index (χ1) is 12.4. The first-order valence-electron chi connectivity index (χ1n) is 9.44. The fourth-order valence-corrected chi connectivity index (χ4v) is 4.72. The molecule has 0 saturated carbocycles. The Morgan fingerprint density at radius 2 is 1.96 bits per heavy atom. The van der Waals surface area contributed by atoms with Gasteiger partial charge in [-0.25, -0.2) is 4.39 Å². The standard InChI is InChI=1S/C21H24FNO3/c1-11-3-4-14-19-15(11)9-16(12(2)24)21(26)17(19)10-18(22)20(14)23-7-5-13(25)6-8-23/h9-11,13,15,25H,3-8H2,1-2H3. The number of piperidine rings is 1. The minimum Gasteiger partial charge on any atom is -0.393 e. The summed E-state index contributed by atoms with van der Waals surface area (Å²) in [5.74, 6) is -0.694. The monoisotopic (exact) mass is 357 g/mol. The van der Waals surface area contributed by atoms with Gasteiger partial charge in [0.1, 0.15) is 5.82 Å². The summed E-state index contributed by atoms with van der Waals surface area (Å²) >= 11 is 0. The minimum absolute atomic E-state index is 0.0138. The Hall–Kier alpha value is -2.01. The number of ketones is 2. The third kappa shape index (κ3) is 2.60. The number of aliphatic hydroxyl groups is 1. The van der Waals surface area contributed by atoms with E-state index in [1.54, 1.807) is 0 Å². The summed E-state index contributed by atoms with van der Waals surface area (Å²) in [6.45, 7) is 4.76. The zero-order valence-corrected chi connectivity index (χ0v) is 15.2. The van der Waals surface area contributed by atoms with Crippen molar-refractivity contribution in [2.24, 2.45) is 5.92 Å². The van der Waals surface area contributed by atoms with E-state index in [4.69, 9.17) is 0 Å². The van der Waals surface area contributed by atoms with Crippen molar-refractivity contribution in [2.75, 3.05) is 18.0 Å². The fraction of sp³-hybridized carbons (Fsp3) is 0.524. The molecule has 0 radical (unpaired) electrons. The first kappa shape index (κ1) is 17.4. The SMILES string of the molecule is CC(=O)C1=CC2c3c(cc(F)c(N4CCC(O)CC4)c3CCC2C)C1=O. The van der Waals surface area contributed by atoms with Gasteiger partial charge in [-0.15, -0.1) is 0 Å². The summed E-state index contributed by atoms with van der Waals surface area (Å²) in [6.07, 6.45) is 4.38. The molecule has 138 valence electrons. The van der Waals surface area contributed by atoms with Crippen LogP contribution in [0.3, 0.4) is 0 Å². The number of aliphatic hydroxyl groups excluding tert-OH is 1. The second kappa shape index (κ2) is 6.31. The lowest BCUT2D eigenvalue weighted by atomic mass is 9.68. The molecule has 4 nitrogen and oxygen atoms in total. The number of nitrogens with zero attached hydrogens (tertiary/aromatic N) is 1. The van der Waals surface area contributed by atoms with E-state index in [2.05, 4.69) is 6.92 Å². The molecule has 0 aromatic heterocycles. The molecule has 0 bridgehead atoms. The zero-order valence-electron chi connectivity index (χ0n) is 15.2.